The molecule has 130 valence electrons. The monoisotopic (exact) mass is 344 g/mol. The van der Waals surface area contributed by atoms with E-state index in [1.807, 2.05) is 0 Å². The number of non-ortho nitro benzene ring substituents is 1. The van der Waals surface area contributed by atoms with Crippen LogP contribution in [0.15, 0.2) is 35.3 Å². The molecule has 0 aromatic heterocycles. The van der Waals surface area contributed by atoms with Gasteiger partial charge in [0.05, 0.1) is 37.0 Å². The van der Waals surface area contributed by atoms with Crippen molar-refractivity contribution < 1.29 is 24.2 Å². The van der Waals surface area contributed by atoms with E-state index in [4.69, 9.17) is 14.2 Å². The third kappa shape index (κ3) is 3.63. The molecule has 3 rings (SSSR count). The number of nitro benzene ring substituents is 1. The van der Waals surface area contributed by atoms with Gasteiger partial charge in [-0.25, -0.2) is 0 Å². The summed E-state index contributed by atoms with van der Waals surface area (Å²) >= 11 is 0. The first-order chi connectivity index (χ1) is 12.1. The quantitative estimate of drug-likeness (QED) is 0.519. The lowest BCUT2D eigenvalue weighted by Crippen LogP contribution is -1.97. The van der Waals surface area contributed by atoms with Crippen molar-refractivity contribution in [3.8, 4) is 23.0 Å². The molecule has 0 aliphatic carbocycles. The average molecular weight is 344 g/mol. The predicted molar refractivity (Wildman–Crippen MR) is 90.6 cm³/mol. The fourth-order valence-corrected chi connectivity index (χ4v) is 2.35. The van der Waals surface area contributed by atoms with Crippen molar-refractivity contribution in [1.82, 2.24) is 0 Å². The van der Waals surface area contributed by atoms with Crippen LogP contribution in [-0.2, 0) is 0 Å². The molecule has 0 saturated heterocycles. The number of benzene rings is 2. The molecule has 0 amide bonds. The molecule has 0 spiro atoms. The van der Waals surface area contributed by atoms with Crippen molar-refractivity contribution in [2.24, 2.45) is 4.99 Å². The van der Waals surface area contributed by atoms with Crippen LogP contribution in [0.1, 0.15) is 12.0 Å². The number of aliphatic imine (C=N–C) groups is 1. The number of rotatable bonds is 4. The van der Waals surface area contributed by atoms with Crippen LogP contribution in [-0.4, -0.2) is 36.6 Å². The number of hydrogen-bond donors (Lipinski definition) is 1. The van der Waals surface area contributed by atoms with Gasteiger partial charge in [-0.2, -0.15) is 0 Å². The highest BCUT2D eigenvalue weighted by atomic mass is 16.6. The minimum Gasteiger partial charge on any atom is -0.504 e. The largest absolute Gasteiger partial charge is 0.504 e. The highest BCUT2D eigenvalue weighted by Gasteiger charge is 2.16. The Morgan fingerprint density at radius 1 is 1.24 bits per heavy atom. The molecule has 1 aliphatic rings. The molecule has 0 unspecified atom stereocenters. The van der Waals surface area contributed by atoms with Crippen LogP contribution < -0.4 is 14.2 Å². The van der Waals surface area contributed by atoms with Crippen molar-refractivity contribution in [2.75, 3.05) is 20.3 Å². The number of hydrogen-bond acceptors (Lipinski definition) is 7. The second-order valence-electron chi connectivity index (χ2n) is 5.28. The molecule has 8 heteroatoms. The number of phenolic OH excluding ortho intramolecular Hbond substituents is 1. The van der Waals surface area contributed by atoms with Gasteiger partial charge in [0.25, 0.3) is 5.69 Å². The van der Waals surface area contributed by atoms with Crippen LogP contribution in [0.25, 0.3) is 0 Å². The number of aromatic hydroxyl groups is 1. The van der Waals surface area contributed by atoms with Crippen molar-refractivity contribution >= 4 is 17.6 Å². The maximum Gasteiger partial charge on any atom is 0.274 e. The molecule has 2 aromatic carbocycles. The van der Waals surface area contributed by atoms with Gasteiger partial charge in [0, 0.05) is 30.3 Å². The van der Waals surface area contributed by atoms with Gasteiger partial charge in [-0.15, -0.1) is 0 Å². The van der Waals surface area contributed by atoms with E-state index in [2.05, 4.69) is 4.99 Å². The van der Waals surface area contributed by atoms with Crippen molar-refractivity contribution in [3.63, 3.8) is 0 Å². The van der Waals surface area contributed by atoms with E-state index in [0.29, 0.717) is 30.4 Å². The summed E-state index contributed by atoms with van der Waals surface area (Å²) in [5, 5.41) is 21.1. The first-order valence-electron chi connectivity index (χ1n) is 7.57. The third-order valence-corrected chi connectivity index (χ3v) is 3.60. The summed E-state index contributed by atoms with van der Waals surface area (Å²) in [4.78, 5) is 14.7. The van der Waals surface area contributed by atoms with Gasteiger partial charge in [-0.1, -0.05) is 0 Å². The first kappa shape index (κ1) is 16.6. The topological polar surface area (TPSA) is 103 Å². The van der Waals surface area contributed by atoms with Crippen LogP contribution >= 0.6 is 0 Å². The zero-order valence-electron chi connectivity index (χ0n) is 13.5. The van der Waals surface area contributed by atoms with Crippen LogP contribution in [0.5, 0.6) is 23.0 Å². The lowest BCUT2D eigenvalue weighted by molar-refractivity contribution is -0.385. The standard InChI is InChI=1S/C17H16N2O6/c1-23-16-9-13(19(21)22)7-11(17(16)20)10-18-12-3-4-14-15(8-12)25-6-2-5-24-14/h3-4,7-10,20H,2,5-6H2,1H3. The lowest BCUT2D eigenvalue weighted by Gasteiger charge is -2.08. The van der Waals surface area contributed by atoms with E-state index in [-0.39, 0.29) is 22.7 Å². The van der Waals surface area contributed by atoms with Gasteiger partial charge < -0.3 is 19.3 Å². The maximum atomic E-state index is 11.0. The Labute approximate surface area is 143 Å². The molecule has 1 N–H and O–H groups in total. The summed E-state index contributed by atoms with van der Waals surface area (Å²) in [5.41, 5.74) is 0.544. The molecular formula is C17H16N2O6. The number of nitrogens with zero attached hydrogens (tertiary/aromatic N) is 2. The molecular weight excluding hydrogens is 328 g/mol. The highest BCUT2D eigenvalue weighted by Crippen LogP contribution is 2.35. The second-order valence-corrected chi connectivity index (χ2v) is 5.28. The summed E-state index contributed by atoms with van der Waals surface area (Å²) in [5.74, 6) is 1.03. The van der Waals surface area contributed by atoms with E-state index in [0.717, 1.165) is 12.5 Å². The molecule has 2 aromatic rings. The van der Waals surface area contributed by atoms with E-state index in [1.165, 1.54) is 19.4 Å². The Balaban J connectivity index is 1.93. The maximum absolute atomic E-state index is 11.0. The minimum absolute atomic E-state index is 0.00862. The number of ether oxygens (including phenoxy) is 3. The normalized spacial score (nSPS) is 13.5. The molecule has 0 bridgehead atoms. The zero-order valence-corrected chi connectivity index (χ0v) is 13.5. The zero-order chi connectivity index (χ0) is 17.8. The Kier molecular flexibility index (Phi) is 4.69. The SMILES string of the molecule is COc1cc([N+](=O)[O-])cc(C=Nc2ccc3c(c2)OCCCO3)c1O. The first-order valence-corrected chi connectivity index (χ1v) is 7.57. The number of nitro groups is 1. The fraction of sp³-hybridized carbons (Fsp3) is 0.235. The van der Waals surface area contributed by atoms with Crippen LogP contribution in [0.2, 0.25) is 0 Å². The highest BCUT2D eigenvalue weighted by molar-refractivity contribution is 5.88. The van der Waals surface area contributed by atoms with Gasteiger partial charge >= 0.3 is 0 Å². The Hall–Kier alpha value is -3.29. The van der Waals surface area contributed by atoms with Crippen LogP contribution in [0.4, 0.5) is 11.4 Å². The van der Waals surface area contributed by atoms with Gasteiger partial charge in [-0.05, 0) is 12.1 Å². The summed E-state index contributed by atoms with van der Waals surface area (Å²) in [6, 6.07) is 7.57. The van der Waals surface area contributed by atoms with Crippen molar-refractivity contribution in [3.05, 3.63) is 46.0 Å². The molecule has 1 heterocycles. The van der Waals surface area contributed by atoms with Crippen molar-refractivity contribution in [2.45, 2.75) is 6.42 Å². The van der Waals surface area contributed by atoms with E-state index in [9.17, 15) is 15.2 Å². The molecule has 1 aliphatic heterocycles. The van der Waals surface area contributed by atoms with E-state index < -0.39 is 4.92 Å². The summed E-state index contributed by atoms with van der Waals surface area (Å²) in [6.07, 6.45) is 2.14. The molecule has 0 fully saturated rings. The van der Waals surface area contributed by atoms with Gasteiger partial charge in [0.1, 0.15) is 0 Å². The van der Waals surface area contributed by atoms with E-state index in [1.54, 1.807) is 18.2 Å². The molecule has 8 nitrogen and oxygen atoms in total. The summed E-state index contributed by atoms with van der Waals surface area (Å²) < 4.78 is 16.1. The number of fused-ring (bicyclic) bond motifs is 1. The molecule has 25 heavy (non-hydrogen) atoms. The van der Waals surface area contributed by atoms with Gasteiger partial charge in [0.2, 0.25) is 0 Å². The van der Waals surface area contributed by atoms with Crippen LogP contribution in [0.3, 0.4) is 0 Å². The van der Waals surface area contributed by atoms with E-state index >= 15 is 0 Å². The number of phenols is 1. The Morgan fingerprint density at radius 2 is 2.00 bits per heavy atom. The predicted octanol–water partition coefficient (Wildman–Crippen LogP) is 3.22. The smallest absolute Gasteiger partial charge is 0.274 e. The summed E-state index contributed by atoms with van der Waals surface area (Å²) in [6.45, 7) is 1.15. The average Bonchev–Trinajstić information content (AvgIpc) is 2.85. The van der Waals surface area contributed by atoms with Gasteiger partial charge in [-0.3, -0.25) is 15.1 Å². The number of methoxy groups -OCH3 is 1. The third-order valence-electron chi connectivity index (χ3n) is 3.60. The van der Waals surface area contributed by atoms with Crippen LogP contribution in [0, 0.1) is 10.1 Å². The molecule has 0 saturated carbocycles. The van der Waals surface area contributed by atoms with Gasteiger partial charge in [0.15, 0.2) is 23.0 Å². The molecule has 0 atom stereocenters. The molecule has 0 radical (unpaired) electrons. The lowest BCUT2D eigenvalue weighted by atomic mass is 10.1. The van der Waals surface area contributed by atoms with Crippen molar-refractivity contribution in [1.29, 1.82) is 0 Å². The second kappa shape index (κ2) is 7.08. The Bertz CT molecular complexity index is 834. The summed E-state index contributed by atoms with van der Waals surface area (Å²) in [7, 11) is 1.32. The fourth-order valence-electron chi connectivity index (χ4n) is 2.35. The minimum atomic E-state index is -0.563. The Morgan fingerprint density at radius 3 is 2.72 bits per heavy atom.